The van der Waals surface area contributed by atoms with Crippen LogP contribution in [0.2, 0.25) is 0 Å². The summed E-state index contributed by atoms with van der Waals surface area (Å²) in [6, 6.07) is 0. The number of aliphatic carboxylic acids is 1. The minimum absolute atomic E-state index is 0.180. The summed E-state index contributed by atoms with van der Waals surface area (Å²) < 4.78 is 23.0. The highest BCUT2D eigenvalue weighted by molar-refractivity contribution is 5.71. The van der Waals surface area contributed by atoms with Crippen LogP contribution < -0.4 is 0 Å². The van der Waals surface area contributed by atoms with E-state index in [1.165, 1.54) is 141 Å². The minimum Gasteiger partial charge on any atom is -0.477 e. The molecule has 87 heavy (non-hydrogen) atoms. The molecule has 0 heterocycles. The van der Waals surface area contributed by atoms with Crippen LogP contribution in [0.1, 0.15) is 296 Å². The number of allylic oxidation sites excluding steroid dienone is 20. The standard InChI is InChI=1S/C78H133NO8/c1-6-8-10-12-14-16-18-20-22-24-26-28-30-32-33-34-35-36-37-38-39-40-41-42-43-45-47-49-51-53-55-57-59-61-63-65-67-69-76(81)87-74(73-86-78(77(82)83)84-71-70-79(3,4)5)72-85-75(80)68-66-64-62-60-58-56-54-52-50-48-46-44-31-29-27-25-23-21-19-17-15-13-11-9-7-2/h8,10,14,16,20,22,26,28,32-33,35-36,38-39,41-42,45,47,51,53,74,78H,6-7,9,11-13,15,17-19,21,23-25,27,29-31,34,37,40,43-44,46,48-50,52,54-73H2,1-5H3/p+1/b10-8-,16-14-,22-20-,28-26-,33-32-,36-35-,39-38-,42-41-,47-45-,53-51-. The largest absolute Gasteiger partial charge is 0.477 e. The molecular formula is C78H134NO8+. The molecule has 0 saturated heterocycles. The molecule has 0 rings (SSSR count). The van der Waals surface area contributed by atoms with Crippen LogP contribution in [-0.2, 0) is 33.3 Å². The first-order chi connectivity index (χ1) is 42.6. The van der Waals surface area contributed by atoms with Gasteiger partial charge in [-0.3, -0.25) is 9.59 Å². The van der Waals surface area contributed by atoms with Crippen molar-refractivity contribution in [1.82, 2.24) is 0 Å². The third-order valence-electron chi connectivity index (χ3n) is 15.2. The Balaban J connectivity index is 4.19. The minimum atomic E-state index is -1.52. The molecule has 2 atom stereocenters. The molecule has 0 spiro atoms. The van der Waals surface area contributed by atoms with Crippen molar-refractivity contribution in [3.8, 4) is 0 Å². The van der Waals surface area contributed by atoms with E-state index in [1.807, 2.05) is 21.1 Å². The zero-order valence-electron chi connectivity index (χ0n) is 56.9. The van der Waals surface area contributed by atoms with E-state index in [4.69, 9.17) is 18.9 Å². The van der Waals surface area contributed by atoms with E-state index in [1.54, 1.807) is 0 Å². The molecule has 0 aliphatic heterocycles. The summed E-state index contributed by atoms with van der Waals surface area (Å²) in [6.45, 7) is 4.77. The predicted molar refractivity (Wildman–Crippen MR) is 373 cm³/mol. The third kappa shape index (κ3) is 69.0. The first-order valence-corrected chi connectivity index (χ1v) is 35.7. The van der Waals surface area contributed by atoms with Crippen LogP contribution in [0.25, 0.3) is 0 Å². The van der Waals surface area contributed by atoms with Crippen molar-refractivity contribution in [1.29, 1.82) is 0 Å². The van der Waals surface area contributed by atoms with E-state index < -0.39 is 24.3 Å². The molecule has 0 fully saturated rings. The SMILES string of the molecule is CC/C=C\C/C=C\C/C=C\C/C=C\C/C=C\C/C=C\C/C=C\C/C=C\C/C=C\C/C=C\CCCCCCCCC(=O)OC(COC(=O)CCCCCCCCCCCCCCCCCCCCCCCCCCC)COC(OCC[N+](C)(C)C)C(=O)O. The van der Waals surface area contributed by atoms with Gasteiger partial charge >= 0.3 is 17.9 Å². The molecular weight excluding hydrogens is 1080 g/mol. The second-order valence-corrected chi connectivity index (χ2v) is 24.8. The molecule has 0 aliphatic rings. The molecule has 0 amide bonds. The number of carbonyl (C=O) groups is 3. The van der Waals surface area contributed by atoms with Gasteiger partial charge in [0.15, 0.2) is 6.10 Å². The van der Waals surface area contributed by atoms with E-state index in [2.05, 4.69) is 135 Å². The number of esters is 2. The number of hydrogen-bond donors (Lipinski definition) is 1. The van der Waals surface area contributed by atoms with E-state index in [9.17, 15) is 19.5 Å². The molecule has 0 aromatic carbocycles. The number of hydrogen-bond acceptors (Lipinski definition) is 7. The van der Waals surface area contributed by atoms with Crippen molar-refractivity contribution in [2.24, 2.45) is 0 Å². The van der Waals surface area contributed by atoms with Crippen molar-refractivity contribution in [2.75, 3.05) is 47.5 Å². The molecule has 2 unspecified atom stereocenters. The molecule has 0 radical (unpaired) electrons. The van der Waals surface area contributed by atoms with Crippen molar-refractivity contribution in [3.63, 3.8) is 0 Å². The molecule has 0 aliphatic carbocycles. The number of carboxylic acid groups (broad SMARTS) is 1. The molecule has 0 bridgehead atoms. The van der Waals surface area contributed by atoms with Crippen LogP contribution in [0.5, 0.6) is 0 Å². The van der Waals surface area contributed by atoms with Gasteiger partial charge in [0.25, 0.3) is 6.29 Å². The summed E-state index contributed by atoms with van der Waals surface area (Å²) in [7, 11) is 5.97. The van der Waals surface area contributed by atoms with Crippen LogP contribution in [0.4, 0.5) is 0 Å². The predicted octanol–water partition coefficient (Wildman–Crippen LogP) is 22.4. The fourth-order valence-electron chi connectivity index (χ4n) is 9.81. The number of nitrogens with zero attached hydrogens (tertiary/aromatic N) is 1. The monoisotopic (exact) mass is 1210 g/mol. The maximum Gasteiger partial charge on any atom is 0.361 e. The van der Waals surface area contributed by atoms with Crippen LogP contribution in [0.15, 0.2) is 122 Å². The van der Waals surface area contributed by atoms with Crippen molar-refractivity contribution >= 4 is 17.9 Å². The molecule has 1 N–H and O–H groups in total. The average molecular weight is 1210 g/mol. The van der Waals surface area contributed by atoms with Gasteiger partial charge in [-0.25, -0.2) is 4.79 Å². The van der Waals surface area contributed by atoms with Gasteiger partial charge in [-0.1, -0.05) is 315 Å². The van der Waals surface area contributed by atoms with E-state index in [-0.39, 0.29) is 32.2 Å². The molecule has 9 heteroatoms. The first kappa shape index (κ1) is 82.7. The lowest BCUT2D eigenvalue weighted by Crippen LogP contribution is -2.40. The summed E-state index contributed by atoms with van der Waals surface area (Å²) in [5, 5.41) is 9.75. The highest BCUT2D eigenvalue weighted by Gasteiger charge is 2.25. The van der Waals surface area contributed by atoms with Crippen molar-refractivity contribution in [3.05, 3.63) is 122 Å². The maximum atomic E-state index is 12.9. The smallest absolute Gasteiger partial charge is 0.361 e. The van der Waals surface area contributed by atoms with E-state index in [0.29, 0.717) is 23.9 Å². The molecule has 0 aromatic heterocycles. The van der Waals surface area contributed by atoms with Gasteiger partial charge in [0, 0.05) is 12.8 Å². The topological polar surface area (TPSA) is 108 Å². The zero-order valence-corrected chi connectivity index (χ0v) is 56.9. The summed E-state index contributed by atoms with van der Waals surface area (Å²) in [4.78, 5) is 37.6. The molecule has 9 nitrogen and oxygen atoms in total. The normalized spacial score (nSPS) is 13.4. The Bertz CT molecular complexity index is 1840. The Labute approximate surface area is 536 Å². The lowest BCUT2D eigenvalue weighted by molar-refractivity contribution is -0.870. The number of carbonyl (C=O) groups excluding carboxylic acids is 2. The summed E-state index contributed by atoms with van der Waals surface area (Å²) in [5.74, 6) is -2.02. The fourth-order valence-corrected chi connectivity index (χ4v) is 9.81. The van der Waals surface area contributed by atoms with Gasteiger partial charge < -0.3 is 28.5 Å². The number of quaternary nitrogens is 1. The Hall–Kier alpha value is -4.31. The summed E-state index contributed by atoms with van der Waals surface area (Å²) >= 11 is 0. The highest BCUT2D eigenvalue weighted by Crippen LogP contribution is 2.17. The molecule has 0 saturated carbocycles. The van der Waals surface area contributed by atoms with Gasteiger partial charge in [-0.2, -0.15) is 0 Å². The van der Waals surface area contributed by atoms with Gasteiger partial charge in [0.1, 0.15) is 13.2 Å². The number of carboxylic acids is 1. The maximum absolute atomic E-state index is 12.9. The average Bonchev–Trinajstić information content (AvgIpc) is 3.57. The molecule has 498 valence electrons. The first-order valence-electron chi connectivity index (χ1n) is 35.7. The van der Waals surface area contributed by atoms with Crippen molar-refractivity contribution in [2.45, 2.75) is 309 Å². The Morgan fingerprint density at radius 1 is 0.356 bits per heavy atom. The second-order valence-electron chi connectivity index (χ2n) is 24.8. The lowest BCUT2D eigenvalue weighted by atomic mass is 10.0. The lowest BCUT2D eigenvalue weighted by Gasteiger charge is -2.25. The molecule has 0 aromatic rings. The summed E-state index contributed by atoms with van der Waals surface area (Å²) in [5.41, 5.74) is 0. The van der Waals surface area contributed by atoms with Crippen molar-refractivity contribution < 1.29 is 42.9 Å². The fraction of sp³-hybridized carbons (Fsp3) is 0.705. The Morgan fingerprint density at radius 3 is 0.977 bits per heavy atom. The van der Waals surface area contributed by atoms with Gasteiger partial charge in [-0.15, -0.1) is 0 Å². The van der Waals surface area contributed by atoms with Gasteiger partial charge in [0.05, 0.1) is 34.4 Å². The van der Waals surface area contributed by atoms with Gasteiger partial charge in [0.2, 0.25) is 0 Å². The van der Waals surface area contributed by atoms with Crippen LogP contribution in [-0.4, -0.2) is 87.4 Å². The number of ether oxygens (including phenoxy) is 4. The van der Waals surface area contributed by atoms with E-state index in [0.717, 1.165) is 122 Å². The quantitative estimate of drug-likeness (QED) is 0.0211. The van der Waals surface area contributed by atoms with E-state index >= 15 is 0 Å². The number of unbranched alkanes of at least 4 members (excludes halogenated alkanes) is 30. The summed E-state index contributed by atoms with van der Waals surface area (Å²) in [6.07, 6.45) is 93.1. The Morgan fingerprint density at radius 2 is 0.655 bits per heavy atom. The third-order valence-corrected chi connectivity index (χ3v) is 15.2. The van der Waals surface area contributed by atoms with Crippen LogP contribution in [0.3, 0.4) is 0 Å². The van der Waals surface area contributed by atoms with Crippen LogP contribution >= 0.6 is 0 Å². The number of likely N-dealkylation sites (N-methyl/N-ethyl adjacent to an activating group) is 1. The second kappa shape index (κ2) is 67.6. The number of rotatable bonds is 65. The Kier molecular flexibility index (Phi) is 64.3. The van der Waals surface area contributed by atoms with Crippen LogP contribution in [0, 0.1) is 0 Å². The zero-order chi connectivity index (χ0) is 63.3. The van der Waals surface area contributed by atoms with Gasteiger partial charge in [-0.05, 0) is 89.9 Å². The highest BCUT2D eigenvalue weighted by atomic mass is 16.7.